The highest BCUT2D eigenvalue weighted by molar-refractivity contribution is 5.81. The molecule has 126 valence electrons. The van der Waals surface area contributed by atoms with Gasteiger partial charge in [-0.3, -0.25) is 4.79 Å². The van der Waals surface area contributed by atoms with Crippen LogP contribution in [0.25, 0.3) is 0 Å². The lowest BCUT2D eigenvalue weighted by molar-refractivity contribution is -0.141. The molecule has 4 heteroatoms. The minimum Gasteiger partial charge on any atom is -0.368 e. The average Bonchev–Trinajstić information content (AvgIpc) is 3.08. The highest BCUT2D eigenvalue weighted by atomic mass is 16.5. The molecule has 0 bridgehead atoms. The highest BCUT2D eigenvalue weighted by Gasteiger charge is 2.30. The van der Waals surface area contributed by atoms with Gasteiger partial charge in [-0.25, -0.2) is 0 Å². The third kappa shape index (κ3) is 3.69. The van der Waals surface area contributed by atoms with E-state index < -0.39 is 0 Å². The van der Waals surface area contributed by atoms with E-state index in [1.807, 2.05) is 4.90 Å². The predicted molar refractivity (Wildman–Crippen MR) is 92.9 cm³/mol. The van der Waals surface area contributed by atoms with Gasteiger partial charge in [0.25, 0.3) is 5.91 Å². The van der Waals surface area contributed by atoms with Crippen molar-refractivity contribution in [2.75, 3.05) is 37.7 Å². The summed E-state index contributed by atoms with van der Waals surface area (Å²) in [4.78, 5) is 16.7. The van der Waals surface area contributed by atoms with E-state index in [-0.39, 0.29) is 17.4 Å². The number of ether oxygens (including phenoxy) is 1. The van der Waals surface area contributed by atoms with Crippen LogP contribution in [-0.4, -0.2) is 49.7 Å². The molecule has 2 saturated heterocycles. The molecule has 3 rings (SSSR count). The largest absolute Gasteiger partial charge is 0.368 e. The van der Waals surface area contributed by atoms with Crippen LogP contribution in [0.2, 0.25) is 0 Å². The molecule has 0 N–H and O–H groups in total. The number of piperazine rings is 1. The van der Waals surface area contributed by atoms with Crippen LogP contribution < -0.4 is 4.90 Å². The number of amides is 1. The van der Waals surface area contributed by atoms with Crippen molar-refractivity contribution < 1.29 is 9.53 Å². The van der Waals surface area contributed by atoms with E-state index in [2.05, 4.69) is 49.9 Å². The quantitative estimate of drug-likeness (QED) is 0.841. The fraction of sp³-hybridized carbons (Fsp3) is 0.632. The highest BCUT2D eigenvalue weighted by Crippen LogP contribution is 2.25. The Hall–Kier alpha value is -1.55. The summed E-state index contributed by atoms with van der Waals surface area (Å²) >= 11 is 0. The van der Waals surface area contributed by atoms with Gasteiger partial charge in [-0.05, 0) is 36.0 Å². The van der Waals surface area contributed by atoms with Gasteiger partial charge in [0.05, 0.1) is 0 Å². The molecule has 0 radical (unpaired) electrons. The van der Waals surface area contributed by atoms with Crippen LogP contribution in [-0.2, 0) is 14.9 Å². The number of anilines is 1. The Kier molecular flexibility index (Phi) is 4.62. The summed E-state index contributed by atoms with van der Waals surface area (Å²) in [5.41, 5.74) is 2.79. The van der Waals surface area contributed by atoms with Gasteiger partial charge in [0.15, 0.2) is 0 Å². The first kappa shape index (κ1) is 16.3. The molecule has 0 saturated carbocycles. The summed E-state index contributed by atoms with van der Waals surface area (Å²) in [6, 6.07) is 8.86. The van der Waals surface area contributed by atoms with Crippen LogP contribution in [0.5, 0.6) is 0 Å². The maximum absolute atomic E-state index is 12.4. The van der Waals surface area contributed by atoms with E-state index in [1.165, 1.54) is 11.3 Å². The summed E-state index contributed by atoms with van der Waals surface area (Å²) in [6.07, 6.45) is 1.71. The zero-order chi connectivity index (χ0) is 16.4. The average molecular weight is 316 g/mol. The van der Waals surface area contributed by atoms with Crippen molar-refractivity contribution in [3.63, 3.8) is 0 Å². The van der Waals surface area contributed by atoms with Gasteiger partial charge in [0.2, 0.25) is 0 Å². The predicted octanol–water partition coefficient (Wildman–Crippen LogP) is 2.81. The number of hydrogen-bond donors (Lipinski definition) is 0. The normalized spacial score (nSPS) is 22.5. The lowest BCUT2D eigenvalue weighted by atomic mass is 9.87. The summed E-state index contributed by atoms with van der Waals surface area (Å²) in [5.74, 6) is 0.185. The van der Waals surface area contributed by atoms with Crippen molar-refractivity contribution in [1.82, 2.24) is 4.90 Å². The fourth-order valence-corrected chi connectivity index (χ4v) is 3.33. The van der Waals surface area contributed by atoms with Crippen molar-refractivity contribution in [3.05, 3.63) is 29.8 Å². The molecule has 4 nitrogen and oxygen atoms in total. The Labute approximate surface area is 139 Å². The first-order valence-corrected chi connectivity index (χ1v) is 8.71. The van der Waals surface area contributed by atoms with Crippen molar-refractivity contribution >= 4 is 11.6 Å². The van der Waals surface area contributed by atoms with Gasteiger partial charge in [-0.2, -0.15) is 0 Å². The van der Waals surface area contributed by atoms with Gasteiger partial charge in [0.1, 0.15) is 6.10 Å². The topological polar surface area (TPSA) is 32.8 Å². The zero-order valence-electron chi connectivity index (χ0n) is 14.5. The van der Waals surface area contributed by atoms with Gasteiger partial charge >= 0.3 is 0 Å². The molecule has 2 fully saturated rings. The first-order chi connectivity index (χ1) is 10.9. The van der Waals surface area contributed by atoms with E-state index in [4.69, 9.17) is 4.74 Å². The molecule has 2 heterocycles. The number of carbonyl (C=O) groups excluding carboxylic acids is 1. The maximum Gasteiger partial charge on any atom is 0.251 e. The second-order valence-electron chi connectivity index (χ2n) is 7.61. The molecule has 0 spiro atoms. The molecule has 1 amide bonds. The maximum atomic E-state index is 12.4. The van der Waals surface area contributed by atoms with E-state index >= 15 is 0 Å². The van der Waals surface area contributed by atoms with Gasteiger partial charge in [0, 0.05) is 38.5 Å². The van der Waals surface area contributed by atoms with Crippen molar-refractivity contribution in [2.45, 2.75) is 45.1 Å². The van der Waals surface area contributed by atoms with Gasteiger partial charge in [-0.15, -0.1) is 0 Å². The van der Waals surface area contributed by atoms with Crippen LogP contribution in [0.1, 0.15) is 39.2 Å². The van der Waals surface area contributed by atoms with Crippen LogP contribution in [0.15, 0.2) is 24.3 Å². The molecule has 0 aromatic heterocycles. The molecule has 1 atom stereocenters. The van der Waals surface area contributed by atoms with Crippen molar-refractivity contribution in [2.24, 2.45) is 0 Å². The molecule has 2 aliphatic heterocycles. The number of rotatable bonds is 2. The minimum atomic E-state index is -0.187. The van der Waals surface area contributed by atoms with E-state index in [0.29, 0.717) is 0 Å². The molecule has 1 aromatic carbocycles. The van der Waals surface area contributed by atoms with E-state index in [0.717, 1.165) is 45.6 Å². The molecular formula is C19H28N2O2. The van der Waals surface area contributed by atoms with Gasteiger partial charge < -0.3 is 14.5 Å². The Bertz CT molecular complexity index is 533. The van der Waals surface area contributed by atoms with Crippen LogP contribution in [0.4, 0.5) is 5.69 Å². The third-order valence-corrected chi connectivity index (χ3v) is 4.89. The summed E-state index contributed by atoms with van der Waals surface area (Å²) in [6.45, 7) is 10.8. The van der Waals surface area contributed by atoms with Crippen LogP contribution in [0.3, 0.4) is 0 Å². The molecule has 23 heavy (non-hydrogen) atoms. The lowest BCUT2D eigenvalue weighted by Crippen LogP contribution is -2.51. The number of benzene rings is 1. The summed E-state index contributed by atoms with van der Waals surface area (Å²) in [5, 5.41) is 0. The first-order valence-electron chi connectivity index (χ1n) is 8.71. The third-order valence-electron chi connectivity index (χ3n) is 4.89. The van der Waals surface area contributed by atoms with E-state index in [1.54, 1.807) is 0 Å². The van der Waals surface area contributed by atoms with E-state index in [9.17, 15) is 4.79 Å². The lowest BCUT2D eigenvalue weighted by Gasteiger charge is -2.37. The standard InChI is InChI=1S/C19H28N2O2/c1-19(2,3)15-6-8-16(9-7-15)20-10-12-21(13-11-20)18(22)17-5-4-14-23-17/h6-9,17H,4-5,10-14H2,1-3H3. The number of carbonyl (C=O) groups is 1. The van der Waals surface area contributed by atoms with Crippen LogP contribution in [0, 0.1) is 0 Å². The Morgan fingerprint density at radius 3 is 2.26 bits per heavy atom. The number of nitrogens with zero attached hydrogens (tertiary/aromatic N) is 2. The number of hydrogen-bond acceptors (Lipinski definition) is 3. The minimum absolute atomic E-state index is 0.185. The summed E-state index contributed by atoms with van der Waals surface area (Å²) in [7, 11) is 0. The van der Waals surface area contributed by atoms with Crippen molar-refractivity contribution in [1.29, 1.82) is 0 Å². The molecule has 1 unspecified atom stereocenters. The monoisotopic (exact) mass is 316 g/mol. The molecule has 1 aromatic rings. The Balaban J connectivity index is 1.57. The fourth-order valence-electron chi connectivity index (χ4n) is 3.33. The molecule has 0 aliphatic carbocycles. The summed E-state index contributed by atoms with van der Waals surface area (Å²) < 4.78 is 5.52. The molecule has 2 aliphatic rings. The SMILES string of the molecule is CC(C)(C)c1ccc(N2CCN(C(=O)C3CCCO3)CC2)cc1. The molecular weight excluding hydrogens is 288 g/mol. The smallest absolute Gasteiger partial charge is 0.251 e. The Morgan fingerprint density at radius 2 is 1.74 bits per heavy atom. The second-order valence-corrected chi connectivity index (χ2v) is 7.61. The Morgan fingerprint density at radius 1 is 1.09 bits per heavy atom. The second kappa shape index (κ2) is 6.52. The van der Waals surface area contributed by atoms with Crippen molar-refractivity contribution in [3.8, 4) is 0 Å². The van der Waals surface area contributed by atoms with Crippen LogP contribution >= 0.6 is 0 Å². The van der Waals surface area contributed by atoms with Gasteiger partial charge in [-0.1, -0.05) is 32.9 Å². The zero-order valence-corrected chi connectivity index (χ0v) is 14.5.